The first-order valence-electron chi connectivity index (χ1n) is 6.58. The second kappa shape index (κ2) is 5.99. The van der Waals surface area contributed by atoms with Crippen LogP contribution < -0.4 is 16.1 Å². The maximum absolute atomic E-state index is 12.6. The number of H-pyrrole nitrogens is 1. The number of rotatable bonds is 2. The molecule has 0 unspecified atom stereocenters. The van der Waals surface area contributed by atoms with Gasteiger partial charge in [-0.25, -0.2) is 4.68 Å². The molecule has 3 nitrogen and oxygen atoms in total. The van der Waals surface area contributed by atoms with E-state index in [-0.39, 0.29) is 5.56 Å². The van der Waals surface area contributed by atoms with Crippen molar-refractivity contribution in [1.82, 2.24) is 9.78 Å². The van der Waals surface area contributed by atoms with Crippen molar-refractivity contribution in [3.63, 3.8) is 0 Å². The molecular formula is C17H12BrClN2O. The summed E-state index contributed by atoms with van der Waals surface area (Å²) in [7, 11) is 0. The molecule has 22 heavy (non-hydrogen) atoms. The molecule has 0 aliphatic rings. The van der Waals surface area contributed by atoms with Crippen LogP contribution in [0.1, 0.15) is 5.56 Å². The fourth-order valence-corrected chi connectivity index (χ4v) is 2.69. The number of aromatic nitrogens is 2. The zero-order valence-corrected chi connectivity index (χ0v) is 13.9. The molecule has 0 fully saturated rings. The summed E-state index contributed by atoms with van der Waals surface area (Å²) in [5.41, 5.74) is 1.49. The Morgan fingerprint density at radius 1 is 1.14 bits per heavy atom. The normalized spacial score (nSPS) is 11.8. The van der Waals surface area contributed by atoms with Gasteiger partial charge < -0.3 is 0 Å². The highest BCUT2D eigenvalue weighted by atomic mass is 79.9. The lowest BCUT2D eigenvalue weighted by molar-refractivity contribution is 0.838. The molecular weight excluding hydrogens is 364 g/mol. The average molecular weight is 376 g/mol. The van der Waals surface area contributed by atoms with Crippen molar-refractivity contribution in [1.29, 1.82) is 0 Å². The first-order chi connectivity index (χ1) is 10.6. The van der Waals surface area contributed by atoms with Gasteiger partial charge in [0.25, 0.3) is 5.56 Å². The van der Waals surface area contributed by atoms with Crippen LogP contribution in [0.5, 0.6) is 0 Å². The van der Waals surface area contributed by atoms with Gasteiger partial charge in [0.2, 0.25) is 0 Å². The molecule has 0 radical (unpaired) electrons. The highest BCUT2D eigenvalue weighted by Gasteiger charge is 2.05. The highest BCUT2D eigenvalue weighted by Crippen LogP contribution is 2.15. The van der Waals surface area contributed by atoms with Crippen molar-refractivity contribution in [2.45, 2.75) is 0 Å². The molecule has 0 atom stereocenters. The fourth-order valence-electron chi connectivity index (χ4n) is 2.16. The van der Waals surface area contributed by atoms with Crippen LogP contribution in [0.2, 0.25) is 5.02 Å². The van der Waals surface area contributed by atoms with E-state index in [2.05, 4.69) is 27.6 Å². The minimum absolute atomic E-state index is 0.150. The summed E-state index contributed by atoms with van der Waals surface area (Å²) >= 11 is 9.36. The Morgan fingerprint density at radius 3 is 2.50 bits per heavy atom. The number of hydrogen-bond acceptors (Lipinski definition) is 1. The third-order valence-electron chi connectivity index (χ3n) is 3.30. The summed E-state index contributed by atoms with van der Waals surface area (Å²) in [6.07, 6.45) is 1.82. The van der Waals surface area contributed by atoms with Crippen molar-refractivity contribution in [3.8, 4) is 5.69 Å². The third-order valence-corrected chi connectivity index (χ3v) is 4.27. The molecule has 0 saturated carbocycles. The van der Waals surface area contributed by atoms with E-state index in [1.807, 2.05) is 30.3 Å². The second-order valence-electron chi connectivity index (χ2n) is 4.79. The molecule has 0 aliphatic carbocycles. The predicted octanol–water partition coefficient (Wildman–Crippen LogP) is 2.82. The smallest absolute Gasteiger partial charge is 0.279 e. The average Bonchev–Trinajstić information content (AvgIpc) is 2.78. The minimum atomic E-state index is -0.150. The van der Waals surface area contributed by atoms with Crippen molar-refractivity contribution in [3.05, 3.63) is 84.5 Å². The topological polar surface area (TPSA) is 37.8 Å². The van der Waals surface area contributed by atoms with Crippen LogP contribution in [0.25, 0.3) is 18.3 Å². The first kappa shape index (κ1) is 14.9. The van der Waals surface area contributed by atoms with Gasteiger partial charge in [-0.1, -0.05) is 52.3 Å². The van der Waals surface area contributed by atoms with E-state index in [0.717, 1.165) is 10.0 Å². The van der Waals surface area contributed by atoms with Crippen LogP contribution in [0, 0.1) is 0 Å². The first-order valence-corrected chi connectivity index (χ1v) is 7.75. The monoisotopic (exact) mass is 374 g/mol. The standard InChI is InChI=1S/C17H12BrClN2O/c1-11-15(10-12-4-2-3-5-16(12)18)17(22)21(20-11)14-8-6-13(19)7-9-14/h2-10,20H,1H2/b15-10-. The minimum Gasteiger partial charge on any atom is -0.291 e. The SMILES string of the molecule is C=c1[nH]n(-c2ccc(Cl)cc2)c(=O)/c1=C\c1ccccc1Br. The number of hydrogen-bond donors (Lipinski definition) is 1. The summed E-state index contributed by atoms with van der Waals surface area (Å²) in [6.45, 7) is 3.92. The van der Waals surface area contributed by atoms with E-state index in [0.29, 0.717) is 21.3 Å². The van der Waals surface area contributed by atoms with E-state index < -0.39 is 0 Å². The lowest BCUT2D eigenvalue weighted by Gasteiger charge is -2.00. The van der Waals surface area contributed by atoms with Gasteiger partial charge in [-0.2, -0.15) is 0 Å². The Labute approximate surface area is 140 Å². The molecule has 1 heterocycles. The van der Waals surface area contributed by atoms with Gasteiger partial charge in [-0.15, -0.1) is 0 Å². The Hall–Kier alpha value is -2.04. The largest absolute Gasteiger partial charge is 0.291 e. The Kier molecular flexibility index (Phi) is 4.05. The van der Waals surface area contributed by atoms with Crippen molar-refractivity contribution in [2.24, 2.45) is 0 Å². The molecule has 110 valence electrons. The summed E-state index contributed by atoms with van der Waals surface area (Å²) in [5, 5.41) is 4.71. The van der Waals surface area contributed by atoms with Crippen molar-refractivity contribution in [2.75, 3.05) is 0 Å². The molecule has 3 aromatic rings. The lowest BCUT2D eigenvalue weighted by atomic mass is 10.2. The van der Waals surface area contributed by atoms with Gasteiger partial charge in [0.1, 0.15) is 0 Å². The number of aromatic amines is 1. The highest BCUT2D eigenvalue weighted by molar-refractivity contribution is 9.10. The van der Waals surface area contributed by atoms with E-state index in [1.54, 1.807) is 24.3 Å². The molecule has 5 heteroatoms. The van der Waals surface area contributed by atoms with Crippen LogP contribution in [0.3, 0.4) is 0 Å². The molecule has 0 amide bonds. The van der Waals surface area contributed by atoms with Crippen molar-refractivity contribution < 1.29 is 0 Å². The van der Waals surface area contributed by atoms with Gasteiger partial charge in [0.15, 0.2) is 0 Å². The summed E-state index contributed by atoms with van der Waals surface area (Å²) in [6, 6.07) is 14.7. The molecule has 3 rings (SSSR count). The van der Waals surface area contributed by atoms with E-state index in [9.17, 15) is 4.79 Å². The molecule has 0 aliphatic heterocycles. The Morgan fingerprint density at radius 2 is 1.82 bits per heavy atom. The Balaban J connectivity index is 2.20. The van der Waals surface area contributed by atoms with Gasteiger partial charge in [-0.05, 0) is 42.0 Å². The van der Waals surface area contributed by atoms with Crippen LogP contribution >= 0.6 is 27.5 Å². The zero-order valence-electron chi connectivity index (χ0n) is 11.5. The van der Waals surface area contributed by atoms with Crippen LogP contribution in [-0.4, -0.2) is 9.78 Å². The van der Waals surface area contributed by atoms with Gasteiger partial charge in [0.05, 0.1) is 16.3 Å². The van der Waals surface area contributed by atoms with Crippen molar-refractivity contribution >= 4 is 40.2 Å². The number of halogens is 2. The number of nitrogens with one attached hydrogen (secondary N) is 1. The molecule has 2 aromatic carbocycles. The van der Waals surface area contributed by atoms with Gasteiger partial charge in [0, 0.05) is 9.50 Å². The van der Waals surface area contributed by atoms with Gasteiger partial charge >= 0.3 is 0 Å². The van der Waals surface area contributed by atoms with E-state index in [1.165, 1.54) is 4.68 Å². The maximum atomic E-state index is 12.6. The third kappa shape index (κ3) is 2.80. The molecule has 0 saturated heterocycles. The summed E-state index contributed by atoms with van der Waals surface area (Å²) in [4.78, 5) is 12.6. The molecule has 1 aromatic heterocycles. The number of nitrogens with zero attached hydrogens (tertiary/aromatic N) is 1. The zero-order chi connectivity index (χ0) is 15.7. The van der Waals surface area contributed by atoms with E-state index >= 15 is 0 Å². The molecule has 1 N–H and O–H groups in total. The maximum Gasteiger partial charge on any atom is 0.279 e. The van der Waals surface area contributed by atoms with Gasteiger partial charge in [-0.3, -0.25) is 9.89 Å². The van der Waals surface area contributed by atoms with Crippen LogP contribution in [0.15, 0.2) is 57.8 Å². The quantitative estimate of drug-likeness (QED) is 0.735. The number of benzene rings is 2. The fraction of sp³-hybridized carbons (Fsp3) is 0. The lowest BCUT2D eigenvalue weighted by Crippen LogP contribution is -2.34. The molecule has 0 bridgehead atoms. The summed E-state index contributed by atoms with van der Waals surface area (Å²) < 4.78 is 2.38. The Bertz CT molecular complexity index is 987. The van der Waals surface area contributed by atoms with E-state index in [4.69, 9.17) is 11.6 Å². The van der Waals surface area contributed by atoms with Crippen LogP contribution in [0.4, 0.5) is 0 Å². The second-order valence-corrected chi connectivity index (χ2v) is 6.08. The molecule has 0 spiro atoms. The van der Waals surface area contributed by atoms with Crippen LogP contribution in [-0.2, 0) is 0 Å². The predicted molar refractivity (Wildman–Crippen MR) is 93.9 cm³/mol. The summed E-state index contributed by atoms with van der Waals surface area (Å²) in [5.74, 6) is 0.